The molecular formula is C11H14N4O. The molecule has 5 nitrogen and oxygen atoms in total. The Hall–Kier alpha value is -2.04. The van der Waals surface area contributed by atoms with Crippen molar-refractivity contribution in [1.82, 2.24) is 14.8 Å². The lowest BCUT2D eigenvalue weighted by Crippen LogP contribution is -2.04. The second-order valence-corrected chi connectivity index (χ2v) is 3.33. The summed E-state index contributed by atoms with van der Waals surface area (Å²) in [7, 11) is 3.63. The average molecular weight is 218 g/mol. The molecule has 0 aliphatic rings. The van der Waals surface area contributed by atoms with Gasteiger partial charge in [0, 0.05) is 14.1 Å². The van der Waals surface area contributed by atoms with Gasteiger partial charge < -0.3 is 10.1 Å². The standard InChI is InChI=1S/C11H14N4O/c1-12-11-13-10(15(2)14-11)8-16-9-6-4-3-5-7-9/h3-7H,8H2,1-2H3,(H,12,14). The fourth-order valence-corrected chi connectivity index (χ4v) is 1.31. The Labute approximate surface area is 94.1 Å². The van der Waals surface area contributed by atoms with E-state index in [0.29, 0.717) is 12.6 Å². The van der Waals surface area contributed by atoms with Gasteiger partial charge in [-0.05, 0) is 12.1 Å². The predicted octanol–water partition coefficient (Wildman–Crippen LogP) is 1.44. The Morgan fingerprint density at radius 3 is 2.69 bits per heavy atom. The van der Waals surface area contributed by atoms with Crippen LogP contribution in [0, 0.1) is 0 Å². The average Bonchev–Trinajstić information content (AvgIpc) is 2.69. The summed E-state index contributed by atoms with van der Waals surface area (Å²) in [5.41, 5.74) is 0. The summed E-state index contributed by atoms with van der Waals surface area (Å²) in [5, 5.41) is 7.04. The maximum absolute atomic E-state index is 5.58. The van der Waals surface area contributed by atoms with Crippen LogP contribution in [0.25, 0.3) is 0 Å². The molecule has 1 aromatic carbocycles. The first kappa shape index (κ1) is 10.5. The van der Waals surface area contributed by atoms with E-state index < -0.39 is 0 Å². The molecule has 1 N–H and O–H groups in total. The molecule has 0 amide bonds. The van der Waals surface area contributed by atoms with Crippen LogP contribution in [0.1, 0.15) is 5.82 Å². The Bertz CT molecular complexity index is 452. The molecular weight excluding hydrogens is 204 g/mol. The van der Waals surface area contributed by atoms with E-state index in [1.807, 2.05) is 37.4 Å². The zero-order valence-corrected chi connectivity index (χ0v) is 9.34. The molecule has 0 saturated carbocycles. The molecule has 0 aliphatic heterocycles. The van der Waals surface area contributed by atoms with Gasteiger partial charge in [0.05, 0.1) is 0 Å². The topological polar surface area (TPSA) is 52.0 Å². The van der Waals surface area contributed by atoms with Gasteiger partial charge in [-0.2, -0.15) is 4.98 Å². The van der Waals surface area contributed by atoms with Gasteiger partial charge in [0.15, 0.2) is 5.82 Å². The lowest BCUT2D eigenvalue weighted by molar-refractivity contribution is 0.290. The number of hydrogen-bond donors (Lipinski definition) is 1. The highest BCUT2D eigenvalue weighted by Gasteiger charge is 2.05. The summed E-state index contributed by atoms with van der Waals surface area (Å²) in [6, 6.07) is 9.65. The third kappa shape index (κ3) is 2.31. The van der Waals surface area contributed by atoms with E-state index in [-0.39, 0.29) is 0 Å². The van der Waals surface area contributed by atoms with E-state index in [4.69, 9.17) is 4.74 Å². The zero-order chi connectivity index (χ0) is 11.4. The van der Waals surface area contributed by atoms with Crippen molar-refractivity contribution in [3.8, 4) is 5.75 Å². The molecule has 1 heterocycles. The summed E-state index contributed by atoms with van der Waals surface area (Å²) in [6.07, 6.45) is 0. The van der Waals surface area contributed by atoms with Crippen molar-refractivity contribution >= 4 is 5.95 Å². The van der Waals surface area contributed by atoms with Crippen LogP contribution in [-0.4, -0.2) is 21.8 Å². The maximum atomic E-state index is 5.58. The van der Waals surface area contributed by atoms with Crippen molar-refractivity contribution < 1.29 is 4.74 Å². The molecule has 2 rings (SSSR count). The number of nitrogens with one attached hydrogen (secondary N) is 1. The molecule has 0 bridgehead atoms. The van der Waals surface area contributed by atoms with E-state index in [9.17, 15) is 0 Å². The molecule has 1 aromatic heterocycles. The highest BCUT2D eigenvalue weighted by atomic mass is 16.5. The number of para-hydroxylation sites is 1. The van der Waals surface area contributed by atoms with Crippen molar-refractivity contribution in [2.45, 2.75) is 6.61 Å². The van der Waals surface area contributed by atoms with Gasteiger partial charge in [-0.15, -0.1) is 5.10 Å². The summed E-state index contributed by atoms with van der Waals surface area (Å²) < 4.78 is 7.28. The van der Waals surface area contributed by atoms with Crippen LogP contribution < -0.4 is 10.1 Å². The van der Waals surface area contributed by atoms with Crippen LogP contribution in [-0.2, 0) is 13.7 Å². The van der Waals surface area contributed by atoms with Crippen LogP contribution in [0.3, 0.4) is 0 Å². The Kier molecular flexibility index (Phi) is 3.05. The number of anilines is 1. The molecule has 0 atom stereocenters. The van der Waals surface area contributed by atoms with Crippen molar-refractivity contribution in [3.63, 3.8) is 0 Å². The number of nitrogens with zero attached hydrogens (tertiary/aromatic N) is 3. The predicted molar refractivity (Wildman–Crippen MR) is 61.3 cm³/mol. The fourth-order valence-electron chi connectivity index (χ4n) is 1.31. The monoisotopic (exact) mass is 218 g/mol. The summed E-state index contributed by atoms with van der Waals surface area (Å²) >= 11 is 0. The first-order valence-corrected chi connectivity index (χ1v) is 5.05. The number of aromatic nitrogens is 3. The molecule has 0 spiro atoms. The largest absolute Gasteiger partial charge is 0.486 e. The molecule has 0 fully saturated rings. The van der Waals surface area contributed by atoms with E-state index in [1.165, 1.54) is 0 Å². The summed E-state index contributed by atoms with van der Waals surface area (Å²) in [6.45, 7) is 0.412. The number of ether oxygens (including phenoxy) is 1. The minimum atomic E-state index is 0.412. The van der Waals surface area contributed by atoms with Gasteiger partial charge in [-0.25, -0.2) is 4.68 Å². The van der Waals surface area contributed by atoms with Crippen LogP contribution in [0.2, 0.25) is 0 Å². The number of rotatable bonds is 4. The third-order valence-corrected chi connectivity index (χ3v) is 2.19. The molecule has 0 aliphatic carbocycles. The quantitative estimate of drug-likeness (QED) is 0.843. The van der Waals surface area contributed by atoms with Crippen molar-refractivity contribution in [2.75, 3.05) is 12.4 Å². The normalized spacial score (nSPS) is 10.1. The maximum Gasteiger partial charge on any atom is 0.242 e. The lowest BCUT2D eigenvalue weighted by Gasteiger charge is -2.04. The first-order valence-electron chi connectivity index (χ1n) is 5.05. The second-order valence-electron chi connectivity index (χ2n) is 3.33. The van der Waals surface area contributed by atoms with Gasteiger partial charge in [0.25, 0.3) is 0 Å². The summed E-state index contributed by atoms with van der Waals surface area (Å²) in [4.78, 5) is 4.26. The SMILES string of the molecule is CNc1nc(COc2ccccc2)n(C)n1. The Morgan fingerprint density at radius 1 is 1.31 bits per heavy atom. The van der Waals surface area contributed by atoms with Crippen LogP contribution in [0.15, 0.2) is 30.3 Å². The molecule has 84 valence electrons. The molecule has 0 saturated heterocycles. The molecule has 16 heavy (non-hydrogen) atoms. The van der Waals surface area contributed by atoms with Crippen molar-refractivity contribution in [3.05, 3.63) is 36.2 Å². The second kappa shape index (κ2) is 4.65. The van der Waals surface area contributed by atoms with Gasteiger partial charge in [-0.3, -0.25) is 0 Å². The Morgan fingerprint density at radius 2 is 2.06 bits per heavy atom. The van der Waals surface area contributed by atoms with Gasteiger partial charge in [0.1, 0.15) is 12.4 Å². The third-order valence-electron chi connectivity index (χ3n) is 2.19. The van der Waals surface area contributed by atoms with Gasteiger partial charge >= 0.3 is 0 Å². The van der Waals surface area contributed by atoms with Gasteiger partial charge in [0.2, 0.25) is 5.95 Å². The molecule has 0 unspecified atom stereocenters. The van der Waals surface area contributed by atoms with E-state index in [0.717, 1.165) is 11.6 Å². The van der Waals surface area contributed by atoms with Crippen molar-refractivity contribution in [2.24, 2.45) is 7.05 Å². The van der Waals surface area contributed by atoms with Crippen LogP contribution in [0.4, 0.5) is 5.95 Å². The first-order chi connectivity index (χ1) is 7.79. The fraction of sp³-hybridized carbons (Fsp3) is 0.273. The van der Waals surface area contributed by atoms with Crippen molar-refractivity contribution in [1.29, 1.82) is 0 Å². The van der Waals surface area contributed by atoms with E-state index >= 15 is 0 Å². The highest BCUT2D eigenvalue weighted by molar-refractivity contribution is 5.23. The number of benzene rings is 1. The minimum absolute atomic E-state index is 0.412. The molecule has 2 aromatic rings. The highest BCUT2D eigenvalue weighted by Crippen LogP contribution is 2.11. The van der Waals surface area contributed by atoms with Crippen LogP contribution >= 0.6 is 0 Å². The number of aryl methyl sites for hydroxylation is 1. The zero-order valence-electron chi connectivity index (χ0n) is 9.34. The lowest BCUT2D eigenvalue weighted by atomic mass is 10.3. The van der Waals surface area contributed by atoms with E-state index in [1.54, 1.807) is 11.7 Å². The van der Waals surface area contributed by atoms with Gasteiger partial charge in [-0.1, -0.05) is 18.2 Å². The summed E-state index contributed by atoms with van der Waals surface area (Å²) in [5.74, 6) is 2.22. The van der Waals surface area contributed by atoms with E-state index in [2.05, 4.69) is 15.4 Å². The smallest absolute Gasteiger partial charge is 0.242 e. The molecule has 5 heteroatoms. The molecule has 0 radical (unpaired) electrons. The van der Waals surface area contributed by atoms with Crippen LogP contribution in [0.5, 0.6) is 5.75 Å². The Balaban J connectivity index is 2.02. The minimum Gasteiger partial charge on any atom is -0.486 e. The number of hydrogen-bond acceptors (Lipinski definition) is 4.